The van der Waals surface area contributed by atoms with Crippen LogP contribution >= 0.6 is 0 Å². The summed E-state index contributed by atoms with van der Waals surface area (Å²) in [5.41, 5.74) is 1.76. The summed E-state index contributed by atoms with van der Waals surface area (Å²) in [5, 5.41) is 0.704. The molecule has 0 aliphatic carbocycles. The van der Waals surface area contributed by atoms with Crippen LogP contribution in [0.15, 0.2) is 57.7 Å². The molecule has 3 aromatic carbocycles. The molecule has 0 amide bonds. The fourth-order valence-electron chi connectivity index (χ4n) is 4.15. The predicted octanol–water partition coefficient (Wildman–Crippen LogP) is 4.74. The van der Waals surface area contributed by atoms with Crippen LogP contribution < -0.4 is 34.0 Å². The van der Waals surface area contributed by atoms with Crippen LogP contribution in [0.1, 0.15) is 15.9 Å². The average molecular weight is 490 g/mol. The van der Waals surface area contributed by atoms with Crippen molar-refractivity contribution in [1.82, 2.24) is 0 Å². The Balaban J connectivity index is 1.48. The summed E-state index contributed by atoms with van der Waals surface area (Å²) in [5.74, 6) is 1.75. The number of aryl methyl sites for hydroxylation is 1. The van der Waals surface area contributed by atoms with E-state index in [9.17, 15) is 9.59 Å². The van der Waals surface area contributed by atoms with Crippen LogP contribution in [-0.2, 0) is 0 Å². The van der Waals surface area contributed by atoms with E-state index in [1.165, 1.54) is 39.5 Å². The van der Waals surface area contributed by atoms with Gasteiger partial charge in [0.1, 0.15) is 11.3 Å². The summed E-state index contributed by atoms with van der Waals surface area (Å²) < 4.78 is 37.8. The lowest BCUT2D eigenvalue weighted by atomic mass is 9.99. The van der Waals surface area contributed by atoms with Crippen LogP contribution in [0.4, 0.5) is 0 Å². The Labute approximate surface area is 205 Å². The van der Waals surface area contributed by atoms with Crippen molar-refractivity contribution in [2.45, 2.75) is 6.92 Å². The van der Waals surface area contributed by atoms with Crippen molar-refractivity contribution < 1.29 is 37.6 Å². The number of esters is 1. The average Bonchev–Trinajstić information content (AvgIpc) is 3.35. The number of ether oxygens (including phenoxy) is 6. The van der Waals surface area contributed by atoms with E-state index in [1.54, 1.807) is 30.3 Å². The normalized spacial score (nSPS) is 11.9. The molecule has 9 nitrogen and oxygen atoms in total. The van der Waals surface area contributed by atoms with Gasteiger partial charge in [-0.2, -0.15) is 0 Å². The second-order valence-electron chi connectivity index (χ2n) is 7.92. The SMILES string of the molecule is COc1cc(C(=O)Oc2ccc3c(C)c(-c4ccc5c(c4)OCO5)c(=O)oc3c2)cc(OC)c1OC. The fraction of sp³-hybridized carbons (Fsp3) is 0.185. The summed E-state index contributed by atoms with van der Waals surface area (Å²) in [6.45, 7) is 1.97. The minimum absolute atomic E-state index is 0.141. The van der Waals surface area contributed by atoms with Gasteiger partial charge in [0.2, 0.25) is 12.5 Å². The largest absolute Gasteiger partial charge is 0.493 e. The van der Waals surface area contributed by atoms with Crippen molar-refractivity contribution >= 4 is 16.9 Å². The monoisotopic (exact) mass is 490 g/mol. The molecule has 1 aliphatic heterocycles. The highest BCUT2D eigenvalue weighted by Gasteiger charge is 2.21. The maximum Gasteiger partial charge on any atom is 0.344 e. The van der Waals surface area contributed by atoms with E-state index in [4.69, 9.17) is 32.8 Å². The van der Waals surface area contributed by atoms with Crippen molar-refractivity contribution in [3.8, 4) is 45.6 Å². The molecule has 0 radical (unpaired) electrons. The highest BCUT2D eigenvalue weighted by Crippen LogP contribution is 2.39. The van der Waals surface area contributed by atoms with E-state index >= 15 is 0 Å². The maximum atomic E-state index is 12.9. The number of carbonyl (C=O) groups is 1. The van der Waals surface area contributed by atoms with Crippen LogP contribution in [0.25, 0.3) is 22.1 Å². The Morgan fingerprint density at radius 3 is 2.28 bits per heavy atom. The molecule has 0 spiro atoms. The van der Waals surface area contributed by atoms with Gasteiger partial charge in [-0.15, -0.1) is 0 Å². The Morgan fingerprint density at radius 2 is 1.58 bits per heavy atom. The van der Waals surface area contributed by atoms with Gasteiger partial charge in [-0.25, -0.2) is 9.59 Å². The van der Waals surface area contributed by atoms with Crippen molar-refractivity contribution in [2.24, 2.45) is 0 Å². The van der Waals surface area contributed by atoms with E-state index in [2.05, 4.69) is 0 Å². The minimum atomic E-state index is -0.648. The lowest BCUT2D eigenvalue weighted by Crippen LogP contribution is -2.10. The van der Waals surface area contributed by atoms with E-state index in [0.717, 1.165) is 5.56 Å². The first-order chi connectivity index (χ1) is 17.4. The molecule has 5 rings (SSSR count). The number of methoxy groups -OCH3 is 3. The molecule has 36 heavy (non-hydrogen) atoms. The maximum absolute atomic E-state index is 12.9. The summed E-state index contributed by atoms with van der Waals surface area (Å²) in [7, 11) is 4.39. The number of benzene rings is 3. The molecule has 4 aromatic rings. The summed E-state index contributed by atoms with van der Waals surface area (Å²) in [6, 6.07) is 13.2. The Kier molecular flexibility index (Phi) is 5.89. The van der Waals surface area contributed by atoms with Crippen LogP contribution in [0.5, 0.6) is 34.5 Å². The topological polar surface area (TPSA) is 103 Å². The van der Waals surface area contributed by atoms with Gasteiger partial charge in [-0.3, -0.25) is 0 Å². The van der Waals surface area contributed by atoms with Crippen molar-refractivity contribution in [3.63, 3.8) is 0 Å². The zero-order valence-corrected chi connectivity index (χ0v) is 20.0. The molecular weight excluding hydrogens is 468 g/mol. The van der Waals surface area contributed by atoms with E-state index < -0.39 is 11.6 Å². The first kappa shape index (κ1) is 23.1. The second-order valence-corrected chi connectivity index (χ2v) is 7.92. The van der Waals surface area contributed by atoms with Gasteiger partial charge in [0, 0.05) is 11.5 Å². The van der Waals surface area contributed by atoms with Crippen LogP contribution in [0.2, 0.25) is 0 Å². The Bertz CT molecular complexity index is 1530. The summed E-state index contributed by atoms with van der Waals surface area (Å²) in [4.78, 5) is 25.8. The Hall–Kier alpha value is -4.66. The molecule has 9 heteroatoms. The Morgan fingerprint density at radius 1 is 0.861 bits per heavy atom. The third-order valence-electron chi connectivity index (χ3n) is 5.91. The molecule has 0 atom stereocenters. The van der Waals surface area contributed by atoms with Crippen LogP contribution in [0, 0.1) is 6.92 Å². The molecule has 1 aromatic heterocycles. The quantitative estimate of drug-likeness (QED) is 0.215. The molecule has 184 valence electrons. The standard InChI is InChI=1S/C27H22O9/c1-14-18-7-6-17(35-26(28)16-10-22(30-2)25(32-4)23(11-16)31-3)12-20(18)36-27(29)24(14)15-5-8-19-21(9-15)34-13-33-19/h5-12H,13H2,1-4H3. The van der Waals surface area contributed by atoms with Gasteiger partial charge in [-0.05, 0) is 54.4 Å². The van der Waals surface area contributed by atoms with Gasteiger partial charge in [0.05, 0.1) is 32.5 Å². The summed E-state index contributed by atoms with van der Waals surface area (Å²) in [6.07, 6.45) is 0. The van der Waals surface area contributed by atoms with Crippen molar-refractivity contribution in [2.75, 3.05) is 28.1 Å². The highest BCUT2D eigenvalue weighted by atomic mass is 16.7. The lowest BCUT2D eigenvalue weighted by molar-refractivity contribution is 0.0734. The van der Waals surface area contributed by atoms with Crippen LogP contribution in [-0.4, -0.2) is 34.1 Å². The summed E-state index contributed by atoms with van der Waals surface area (Å²) >= 11 is 0. The van der Waals surface area contributed by atoms with Gasteiger partial charge < -0.3 is 32.8 Å². The first-order valence-corrected chi connectivity index (χ1v) is 10.9. The third kappa shape index (κ3) is 3.94. The van der Waals surface area contributed by atoms with E-state index in [1.807, 2.05) is 6.92 Å². The minimum Gasteiger partial charge on any atom is -0.493 e. The highest BCUT2D eigenvalue weighted by molar-refractivity contribution is 5.94. The van der Waals surface area contributed by atoms with E-state index in [0.29, 0.717) is 45.3 Å². The molecule has 0 fully saturated rings. The third-order valence-corrected chi connectivity index (χ3v) is 5.91. The number of fused-ring (bicyclic) bond motifs is 2. The van der Waals surface area contributed by atoms with Crippen molar-refractivity contribution in [3.05, 3.63) is 70.1 Å². The molecular formula is C27H22O9. The first-order valence-electron chi connectivity index (χ1n) is 10.9. The van der Waals surface area contributed by atoms with E-state index in [-0.39, 0.29) is 23.7 Å². The van der Waals surface area contributed by atoms with Gasteiger partial charge in [-0.1, -0.05) is 6.07 Å². The number of carbonyl (C=O) groups excluding carboxylic acids is 1. The molecule has 0 bridgehead atoms. The molecule has 2 heterocycles. The molecule has 0 unspecified atom stereocenters. The molecule has 0 saturated carbocycles. The smallest absolute Gasteiger partial charge is 0.344 e. The second kappa shape index (κ2) is 9.18. The molecule has 0 N–H and O–H groups in total. The zero-order chi connectivity index (χ0) is 25.4. The van der Waals surface area contributed by atoms with Gasteiger partial charge in [0.25, 0.3) is 0 Å². The lowest BCUT2D eigenvalue weighted by Gasteiger charge is -2.14. The van der Waals surface area contributed by atoms with Crippen molar-refractivity contribution in [1.29, 1.82) is 0 Å². The van der Waals surface area contributed by atoms with Gasteiger partial charge in [0.15, 0.2) is 23.0 Å². The molecule has 1 aliphatic rings. The predicted molar refractivity (Wildman–Crippen MR) is 130 cm³/mol. The fourth-order valence-corrected chi connectivity index (χ4v) is 4.15. The number of rotatable bonds is 6. The number of hydrogen-bond acceptors (Lipinski definition) is 9. The molecule has 0 saturated heterocycles. The van der Waals surface area contributed by atoms with Gasteiger partial charge >= 0.3 is 11.6 Å². The zero-order valence-electron chi connectivity index (χ0n) is 20.0. The van der Waals surface area contributed by atoms with Crippen LogP contribution in [0.3, 0.4) is 0 Å². The number of hydrogen-bond donors (Lipinski definition) is 0.